The molecule has 1 amide bonds. The molecule has 1 saturated heterocycles. The lowest BCUT2D eigenvalue weighted by atomic mass is 10.0. The highest BCUT2D eigenvalue weighted by molar-refractivity contribution is 5.94. The van der Waals surface area contributed by atoms with Crippen LogP contribution in [-0.4, -0.2) is 46.4 Å². The van der Waals surface area contributed by atoms with Crippen molar-refractivity contribution in [1.82, 2.24) is 14.8 Å². The van der Waals surface area contributed by atoms with Gasteiger partial charge >= 0.3 is 5.76 Å². The second kappa shape index (κ2) is 10.1. The summed E-state index contributed by atoms with van der Waals surface area (Å²) >= 11 is 0. The number of hydrogen-bond donors (Lipinski definition) is 1. The summed E-state index contributed by atoms with van der Waals surface area (Å²) in [5.74, 6) is -1.63. The van der Waals surface area contributed by atoms with Gasteiger partial charge in [0.1, 0.15) is 11.6 Å². The van der Waals surface area contributed by atoms with Gasteiger partial charge in [-0.05, 0) is 85.6 Å². The molecule has 5 rings (SSSR count). The summed E-state index contributed by atoms with van der Waals surface area (Å²) < 4.78 is 33.7. The van der Waals surface area contributed by atoms with Crippen molar-refractivity contribution in [3.63, 3.8) is 0 Å². The maximum Gasteiger partial charge on any atom is 0.417 e. The second-order valence-corrected chi connectivity index (χ2v) is 9.15. The van der Waals surface area contributed by atoms with E-state index >= 15 is 4.39 Å². The average Bonchev–Trinajstić information content (AvgIpc) is 3.49. The Balaban J connectivity index is 1.47. The molecular formula is C28H27F2N3O3. The number of amides is 1. The minimum absolute atomic E-state index is 0.0748. The number of nitrogens with one attached hydrogen (secondary N) is 1. The molecule has 1 atom stereocenters. The van der Waals surface area contributed by atoms with Crippen LogP contribution in [0.4, 0.5) is 8.78 Å². The summed E-state index contributed by atoms with van der Waals surface area (Å²) in [6.45, 7) is 4.48. The minimum atomic E-state index is -0.537. The first-order valence-electron chi connectivity index (χ1n) is 12.1. The Morgan fingerprint density at radius 3 is 2.61 bits per heavy atom. The number of carbonyl (C=O) groups is 1. The van der Waals surface area contributed by atoms with Crippen LogP contribution >= 0.6 is 0 Å². The molecule has 1 N–H and O–H groups in total. The van der Waals surface area contributed by atoms with Gasteiger partial charge in [0.2, 0.25) is 0 Å². The van der Waals surface area contributed by atoms with Gasteiger partial charge in [-0.15, -0.1) is 0 Å². The number of carbonyl (C=O) groups excluding carboxylic acids is 1. The summed E-state index contributed by atoms with van der Waals surface area (Å²) in [7, 11) is 0. The van der Waals surface area contributed by atoms with Crippen molar-refractivity contribution in [2.24, 2.45) is 0 Å². The fourth-order valence-corrected chi connectivity index (χ4v) is 4.97. The van der Waals surface area contributed by atoms with Crippen LogP contribution in [0.5, 0.6) is 0 Å². The zero-order chi connectivity index (χ0) is 25.2. The number of aromatic nitrogens is 1. The van der Waals surface area contributed by atoms with Crippen LogP contribution in [-0.2, 0) is 6.54 Å². The van der Waals surface area contributed by atoms with Gasteiger partial charge in [-0.3, -0.25) is 14.7 Å². The Kier molecular flexibility index (Phi) is 6.69. The Labute approximate surface area is 207 Å². The number of nitrogens with zero attached hydrogens (tertiary/aromatic N) is 2. The quantitative estimate of drug-likeness (QED) is 0.386. The summed E-state index contributed by atoms with van der Waals surface area (Å²) in [6.07, 6.45) is 2.02. The lowest BCUT2D eigenvalue weighted by molar-refractivity contribution is 0.0690. The molecule has 2 heterocycles. The standard InChI is InChI=1S/C28H27F2N3O3/c1-2-32-13-3-4-23(32)17-33(27(34)18-5-9-22(29)10-6-18)16-21-14-19(7-11-24(21)30)20-8-12-25-26(15-20)36-28(35)31-25/h5-12,14-15,23H,2-4,13,16-17H2,1H3,(H,31,35). The molecule has 8 heteroatoms. The minimum Gasteiger partial charge on any atom is -0.408 e. The van der Waals surface area contributed by atoms with Crippen LogP contribution in [0.2, 0.25) is 0 Å². The van der Waals surface area contributed by atoms with Crippen LogP contribution in [0, 0.1) is 11.6 Å². The summed E-state index contributed by atoms with van der Waals surface area (Å²) in [4.78, 5) is 31.6. The van der Waals surface area contributed by atoms with E-state index in [0.717, 1.165) is 37.1 Å². The monoisotopic (exact) mass is 491 g/mol. The summed E-state index contributed by atoms with van der Waals surface area (Å²) in [5, 5.41) is 0. The first kappa shape index (κ1) is 23.9. The number of fused-ring (bicyclic) bond motifs is 1. The number of halogens is 2. The summed E-state index contributed by atoms with van der Waals surface area (Å²) in [5.41, 5.74) is 3.23. The molecule has 1 aliphatic heterocycles. The number of likely N-dealkylation sites (tertiary alicyclic amines) is 1. The highest BCUT2D eigenvalue weighted by Gasteiger charge is 2.28. The molecule has 0 aliphatic carbocycles. The maximum absolute atomic E-state index is 15.0. The Morgan fingerprint density at radius 2 is 1.83 bits per heavy atom. The lowest BCUT2D eigenvalue weighted by Gasteiger charge is -2.31. The van der Waals surface area contributed by atoms with E-state index in [1.165, 1.54) is 30.3 Å². The molecule has 36 heavy (non-hydrogen) atoms. The van der Waals surface area contributed by atoms with Gasteiger partial charge in [0.05, 0.1) is 5.52 Å². The molecule has 4 aromatic rings. The number of hydrogen-bond acceptors (Lipinski definition) is 4. The zero-order valence-corrected chi connectivity index (χ0v) is 20.0. The van der Waals surface area contributed by atoms with Gasteiger partial charge in [0, 0.05) is 30.3 Å². The number of aromatic amines is 1. The SMILES string of the molecule is CCN1CCCC1CN(Cc1cc(-c2ccc3[nH]c(=O)oc3c2)ccc1F)C(=O)c1ccc(F)cc1. The topological polar surface area (TPSA) is 69.6 Å². The molecule has 0 radical (unpaired) electrons. The van der Waals surface area contributed by atoms with Crippen molar-refractivity contribution in [2.45, 2.75) is 32.4 Å². The van der Waals surface area contributed by atoms with Crippen LogP contribution in [0.3, 0.4) is 0 Å². The number of benzene rings is 3. The molecule has 186 valence electrons. The van der Waals surface area contributed by atoms with E-state index in [1.807, 2.05) is 6.07 Å². The van der Waals surface area contributed by atoms with E-state index in [9.17, 15) is 14.0 Å². The van der Waals surface area contributed by atoms with E-state index in [-0.39, 0.29) is 18.5 Å². The smallest absolute Gasteiger partial charge is 0.408 e. The normalized spacial score (nSPS) is 16.0. The molecule has 3 aromatic carbocycles. The first-order chi connectivity index (χ1) is 17.4. The second-order valence-electron chi connectivity index (χ2n) is 9.15. The van der Waals surface area contributed by atoms with Crippen LogP contribution < -0.4 is 5.76 Å². The summed E-state index contributed by atoms with van der Waals surface area (Å²) in [6, 6.07) is 15.7. The van der Waals surface area contributed by atoms with Gasteiger partial charge in [-0.2, -0.15) is 0 Å². The van der Waals surface area contributed by atoms with Crippen molar-refractivity contribution >= 4 is 17.0 Å². The molecule has 0 spiro atoms. The lowest BCUT2D eigenvalue weighted by Crippen LogP contribution is -2.42. The van der Waals surface area contributed by atoms with E-state index < -0.39 is 17.4 Å². The molecule has 1 unspecified atom stereocenters. The molecule has 6 nitrogen and oxygen atoms in total. The van der Waals surface area contributed by atoms with Crippen LogP contribution in [0.15, 0.2) is 69.9 Å². The van der Waals surface area contributed by atoms with E-state index in [4.69, 9.17) is 4.42 Å². The van der Waals surface area contributed by atoms with Crippen molar-refractivity contribution < 1.29 is 18.0 Å². The Hall–Kier alpha value is -3.78. The van der Waals surface area contributed by atoms with Crippen molar-refractivity contribution in [1.29, 1.82) is 0 Å². The number of rotatable bonds is 7. The Bertz CT molecular complexity index is 1440. The number of H-pyrrole nitrogens is 1. The van der Waals surface area contributed by atoms with E-state index in [2.05, 4.69) is 16.8 Å². The van der Waals surface area contributed by atoms with Gasteiger partial charge in [-0.1, -0.05) is 19.1 Å². The molecule has 1 aromatic heterocycles. The predicted molar refractivity (Wildman–Crippen MR) is 134 cm³/mol. The zero-order valence-electron chi connectivity index (χ0n) is 20.0. The van der Waals surface area contributed by atoms with Gasteiger partial charge < -0.3 is 9.32 Å². The molecular weight excluding hydrogens is 464 g/mol. The van der Waals surface area contributed by atoms with Crippen molar-refractivity contribution in [3.05, 3.63) is 94.0 Å². The van der Waals surface area contributed by atoms with Crippen LogP contribution in [0.25, 0.3) is 22.2 Å². The predicted octanol–water partition coefficient (Wildman–Crippen LogP) is 5.19. The highest BCUT2D eigenvalue weighted by Crippen LogP contribution is 2.27. The maximum atomic E-state index is 15.0. The number of oxazole rings is 1. The van der Waals surface area contributed by atoms with Crippen molar-refractivity contribution in [3.8, 4) is 11.1 Å². The van der Waals surface area contributed by atoms with E-state index in [1.54, 1.807) is 29.2 Å². The van der Waals surface area contributed by atoms with Gasteiger partial charge in [-0.25, -0.2) is 13.6 Å². The third-order valence-electron chi connectivity index (χ3n) is 6.88. The molecule has 1 fully saturated rings. The fraction of sp³-hybridized carbons (Fsp3) is 0.286. The van der Waals surface area contributed by atoms with Gasteiger partial charge in [0.25, 0.3) is 5.91 Å². The number of likely N-dealkylation sites (N-methyl/N-ethyl adjacent to an activating group) is 1. The third kappa shape index (κ3) is 4.95. The van der Waals surface area contributed by atoms with Crippen LogP contribution in [0.1, 0.15) is 35.7 Å². The Morgan fingerprint density at radius 1 is 1.08 bits per heavy atom. The van der Waals surface area contributed by atoms with Gasteiger partial charge in [0.15, 0.2) is 5.58 Å². The first-order valence-corrected chi connectivity index (χ1v) is 12.1. The molecule has 1 aliphatic rings. The fourth-order valence-electron chi connectivity index (χ4n) is 4.97. The highest BCUT2D eigenvalue weighted by atomic mass is 19.1. The average molecular weight is 492 g/mol. The largest absolute Gasteiger partial charge is 0.417 e. The molecule has 0 saturated carbocycles. The van der Waals surface area contributed by atoms with Crippen molar-refractivity contribution in [2.75, 3.05) is 19.6 Å². The van der Waals surface area contributed by atoms with E-state index in [0.29, 0.717) is 28.8 Å². The molecule has 0 bridgehead atoms. The third-order valence-corrected chi connectivity index (χ3v) is 6.88.